The number of aliphatic hydroxyl groups excluding tert-OH is 1. The van der Waals surface area contributed by atoms with Crippen LogP contribution in [0.15, 0.2) is 41.3 Å². The number of ether oxygens (including phenoxy) is 1. The molecule has 3 fully saturated rings. The van der Waals surface area contributed by atoms with E-state index < -0.39 is 22.4 Å². The number of nitrogens with zero attached hydrogens (tertiary/aromatic N) is 2. The van der Waals surface area contributed by atoms with Crippen molar-refractivity contribution in [1.82, 2.24) is 4.57 Å². The molecular weight excluding hydrogens is 496 g/mol. The number of hydrogen-bond donors (Lipinski definition) is 3. The molecule has 0 bridgehead atoms. The zero-order valence-electron chi connectivity index (χ0n) is 20.8. The molecule has 0 radical (unpaired) electrons. The average molecular weight is 531 g/mol. The molecule has 2 aliphatic heterocycles. The van der Waals surface area contributed by atoms with Crippen molar-refractivity contribution in [3.63, 3.8) is 0 Å². The first-order chi connectivity index (χ1) is 17.8. The number of rotatable bonds is 8. The smallest absolute Gasteiger partial charge is 0.257 e. The minimum atomic E-state index is -3.70. The van der Waals surface area contributed by atoms with Gasteiger partial charge in [-0.1, -0.05) is 0 Å². The van der Waals surface area contributed by atoms with Crippen molar-refractivity contribution >= 4 is 33.0 Å². The Morgan fingerprint density at radius 1 is 1.05 bits per heavy atom. The number of carbonyl (C=O) groups is 1. The lowest BCUT2D eigenvalue weighted by Crippen LogP contribution is -2.36. The van der Waals surface area contributed by atoms with Gasteiger partial charge in [0.15, 0.2) is 0 Å². The van der Waals surface area contributed by atoms with Crippen LogP contribution in [-0.2, 0) is 14.8 Å². The number of piperidine rings is 1. The van der Waals surface area contributed by atoms with Gasteiger partial charge in [0.05, 0.1) is 35.0 Å². The monoisotopic (exact) mass is 530 g/mol. The van der Waals surface area contributed by atoms with Crippen molar-refractivity contribution in [3.8, 4) is 0 Å². The molecule has 11 heteroatoms. The van der Waals surface area contributed by atoms with Gasteiger partial charge in [-0.25, -0.2) is 8.42 Å². The van der Waals surface area contributed by atoms with Gasteiger partial charge in [0, 0.05) is 44.6 Å². The van der Waals surface area contributed by atoms with Gasteiger partial charge in [0.1, 0.15) is 0 Å². The molecule has 3 N–H and O–H groups in total. The molecule has 3 heterocycles. The highest BCUT2D eigenvalue weighted by Gasteiger charge is 2.44. The van der Waals surface area contributed by atoms with Crippen LogP contribution in [0.2, 0.25) is 0 Å². The van der Waals surface area contributed by atoms with E-state index >= 15 is 0 Å². The lowest BCUT2D eigenvalue weighted by molar-refractivity contribution is 0.0687. The van der Waals surface area contributed by atoms with Crippen molar-refractivity contribution in [1.29, 1.82) is 0 Å². The predicted octanol–water partition coefficient (Wildman–Crippen LogP) is 2.57. The maximum Gasteiger partial charge on any atom is 0.257 e. The first-order valence-electron chi connectivity index (χ1n) is 12.9. The summed E-state index contributed by atoms with van der Waals surface area (Å²) in [7, 11) is -3.70. The van der Waals surface area contributed by atoms with Gasteiger partial charge >= 0.3 is 0 Å². The molecule has 200 valence electrons. The third-order valence-electron chi connectivity index (χ3n) is 7.78. The summed E-state index contributed by atoms with van der Waals surface area (Å²) in [5.41, 5.74) is 2.28. The topological polar surface area (TPSA) is 130 Å². The zero-order chi connectivity index (χ0) is 26.0. The standard InChI is InChI=1S/C26H34N4O6S/c31-13-16-37(34,35)28-19-1-3-22(23(17-19)29-11-9-26(7-8-26)10-12-29)25(33)27-20-2-4-24(32)30(18-20)21-5-14-36-15-6-21/h1-4,17-18,21,28,31H,5-16H2,(H,27,33). The number of nitrogens with one attached hydrogen (secondary N) is 2. The lowest BCUT2D eigenvalue weighted by Gasteiger charge is -2.35. The highest BCUT2D eigenvalue weighted by molar-refractivity contribution is 7.92. The summed E-state index contributed by atoms with van der Waals surface area (Å²) in [6.45, 7) is 2.31. The molecule has 0 atom stereocenters. The summed E-state index contributed by atoms with van der Waals surface area (Å²) < 4.78 is 34.0. The van der Waals surface area contributed by atoms with Gasteiger partial charge in [-0.3, -0.25) is 14.3 Å². The van der Waals surface area contributed by atoms with E-state index in [4.69, 9.17) is 9.84 Å². The highest BCUT2D eigenvalue weighted by Crippen LogP contribution is 2.54. The number of benzene rings is 1. The molecule has 1 aromatic heterocycles. The van der Waals surface area contributed by atoms with Crippen LogP contribution in [0.1, 0.15) is 54.9 Å². The summed E-state index contributed by atoms with van der Waals surface area (Å²) in [5, 5.41) is 12.0. The Hall–Kier alpha value is -2.89. The fourth-order valence-electron chi connectivity index (χ4n) is 5.32. The zero-order valence-corrected chi connectivity index (χ0v) is 21.6. The van der Waals surface area contributed by atoms with Crippen molar-refractivity contribution in [2.45, 2.75) is 44.6 Å². The summed E-state index contributed by atoms with van der Waals surface area (Å²) in [6, 6.07) is 7.97. The molecule has 5 rings (SSSR count). The summed E-state index contributed by atoms with van der Waals surface area (Å²) in [5.74, 6) is -0.733. The normalized spacial score (nSPS) is 19.5. The van der Waals surface area contributed by atoms with Crippen LogP contribution in [0.3, 0.4) is 0 Å². The second-order valence-electron chi connectivity index (χ2n) is 10.3. The fourth-order valence-corrected chi connectivity index (χ4v) is 6.15. The Kier molecular flexibility index (Phi) is 7.28. The SMILES string of the molecule is O=C(Nc1ccc(=O)n(C2CCOCC2)c1)c1ccc(NS(=O)(=O)CCO)cc1N1CCC2(CC1)CC2. The van der Waals surface area contributed by atoms with Crippen LogP contribution in [0.4, 0.5) is 17.1 Å². The first-order valence-corrected chi connectivity index (χ1v) is 14.5. The van der Waals surface area contributed by atoms with Crippen molar-refractivity contribution in [2.75, 3.05) is 53.6 Å². The van der Waals surface area contributed by atoms with E-state index in [1.807, 2.05) is 0 Å². The highest BCUT2D eigenvalue weighted by atomic mass is 32.2. The molecule has 1 aromatic carbocycles. The third-order valence-corrected chi connectivity index (χ3v) is 9.04. The van der Waals surface area contributed by atoms with Gasteiger partial charge in [0.25, 0.3) is 11.5 Å². The van der Waals surface area contributed by atoms with Gasteiger partial charge < -0.3 is 24.6 Å². The molecule has 0 unspecified atom stereocenters. The lowest BCUT2D eigenvalue weighted by atomic mass is 9.93. The Bertz CT molecular complexity index is 1300. The molecule has 1 aliphatic carbocycles. The van der Waals surface area contributed by atoms with E-state index in [9.17, 15) is 18.0 Å². The Morgan fingerprint density at radius 3 is 2.43 bits per heavy atom. The van der Waals surface area contributed by atoms with Crippen LogP contribution in [0.5, 0.6) is 0 Å². The number of amides is 1. The number of anilines is 3. The Labute approximate surface area is 216 Å². The number of aromatic nitrogens is 1. The molecule has 3 aliphatic rings. The fraction of sp³-hybridized carbons (Fsp3) is 0.538. The number of hydrogen-bond acceptors (Lipinski definition) is 7. The van der Waals surface area contributed by atoms with Crippen LogP contribution in [0.25, 0.3) is 0 Å². The first kappa shape index (κ1) is 25.7. The second-order valence-corrected chi connectivity index (χ2v) is 12.2. The Morgan fingerprint density at radius 2 is 1.76 bits per heavy atom. The summed E-state index contributed by atoms with van der Waals surface area (Å²) in [4.78, 5) is 28.1. The van der Waals surface area contributed by atoms with Crippen LogP contribution in [-0.4, -0.2) is 62.7 Å². The maximum atomic E-state index is 13.5. The van der Waals surface area contributed by atoms with Crippen molar-refractivity contribution in [3.05, 3.63) is 52.4 Å². The van der Waals surface area contributed by atoms with E-state index in [0.29, 0.717) is 41.3 Å². The van der Waals surface area contributed by atoms with Crippen molar-refractivity contribution < 1.29 is 23.1 Å². The van der Waals surface area contributed by atoms with Crippen LogP contribution < -0.4 is 20.5 Å². The average Bonchev–Trinajstić information content (AvgIpc) is 3.64. The van der Waals surface area contributed by atoms with E-state index in [1.54, 1.807) is 35.0 Å². The van der Waals surface area contributed by atoms with Gasteiger partial charge in [-0.05, 0) is 68.2 Å². The van der Waals surface area contributed by atoms with Crippen molar-refractivity contribution in [2.24, 2.45) is 5.41 Å². The molecule has 1 amide bonds. The third kappa shape index (κ3) is 6.00. The van der Waals surface area contributed by atoms with Gasteiger partial charge in [0.2, 0.25) is 10.0 Å². The Balaban J connectivity index is 1.40. The number of aliphatic hydroxyl groups is 1. The maximum absolute atomic E-state index is 13.5. The molecule has 1 saturated carbocycles. The van der Waals surface area contributed by atoms with Gasteiger partial charge in [-0.2, -0.15) is 0 Å². The number of carbonyl (C=O) groups excluding carboxylic acids is 1. The summed E-state index contributed by atoms with van der Waals surface area (Å²) >= 11 is 0. The second kappa shape index (κ2) is 10.5. The quantitative estimate of drug-likeness (QED) is 0.478. The number of sulfonamides is 1. The van der Waals surface area contributed by atoms with Crippen LogP contribution in [0, 0.1) is 5.41 Å². The molecule has 37 heavy (non-hydrogen) atoms. The molecule has 1 spiro atoms. The predicted molar refractivity (Wildman–Crippen MR) is 142 cm³/mol. The summed E-state index contributed by atoms with van der Waals surface area (Å²) in [6.07, 6.45) is 7.76. The minimum absolute atomic E-state index is 0.0305. The van der Waals surface area contributed by atoms with Crippen LogP contribution >= 0.6 is 0 Å². The van der Waals surface area contributed by atoms with Gasteiger partial charge in [-0.15, -0.1) is 0 Å². The van der Waals surface area contributed by atoms with E-state index in [-0.39, 0.29) is 17.5 Å². The number of pyridine rings is 1. The molecule has 2 saturated heterocycles. The van der Waals surface area contributed by atoms with E-state index in [1.165, 1.54) is 18.9 Å². The van der Waals surface area contributed by atoms with E-state index in [0.717, 1.165) is 38.8 Å². The minimum Gasteiger partial charge on any atom is -0.395 e. The van der Waals surface area contributed by atoms with E-state index in [2.05, 4.69) is 14.9 Å². The molecular formula is C26H34N4O6S. The largest absolute Gasteiger partial charge is 0.395 e. The molecule has 10 nitrogen and oxygen atoms in total. The molecule has 2 aromatic rings.